The van der Waals surface area contributed by atoms with Gasteiger partial charge in [0.05, 0.1) is 6.61 Å². The van der Waals surface area contributed by atoms with Crippen LogP contribution < -0.4 is 0 Å². The summed E-state index contributed by atoms with van der Waals surface area (Å²) < 4.78 is 0. The van der Waals surface area contributed by atoms with E-state index in [0.29, 0.717) is 13.0 Å². The molecule has 1 aliphatic carbocycles. The quantitative estimate of drug-likeness (QED) is 0.777. The highest BCUT2D eigenvalue weighted by atomic mass is 17.2. The van der Waals surface area contributed by atoms with Gasteiger partial charge in [-0.3, -0.25) is 0 Å². The SMILES string of the molecule is O=C(O)C1(C2CCCCCCC2)CCCCCOO1. The van der Waals surface area contributed by atoms with Crippen molar-refractivity contribution in [1.29, 1.82) is 0 Å². The van der Waals surface area contributed by atoms with Crippen LogP contribution in [0, 0.1) is 5.92 Å². The highest BCUT2D eigenvalue weighted by Crippen LogP contribution is 2.38. The first kappa shape index (κ1) is 14.8. The number of aliphatic carboxylic acids is 1. The van der Waals surface area contributed by atoms with Crippen molar-refractivity contribution >= 4 is 5.97 Å². The summed E-state index contributed by atoms with van der Waals surface area (Å²) in [4.78, 5) is 22.5. The number of hydrogen-bond donors (Lipinski definition) is 1. The van der Waals surface area contributed by atoms with Crippen LogP contribution in [0.1, 0.15) is 70.6 Å². The molecule has 0 radical (unpaired) electrons. The molecule has 110 valence electrons. The standard InChI is InChI=1S/C15H26O4/c16-14(17)15(11-7-4-8-12-18-19-15)13-9-5-2-1-3-6-10-13/h13H,1-12H2,(H,16,17). The largest absolute Gasteiger partial charge is 0.479 e. The van der Waals surface area contributed by atoms with Crippen molar-refractivity contribution in [2.75, 3.05) is 6.61 Å². The maximum absolute atomic E-state index is 11.8. The van der Waals surface area contributed by atoms with Crippen molar-refractivity contribution in [2.45, 2.75) is 76.2 Å². The van der Waals surface area contributed by atoms with Gasteiger partial charge >= 0.3 is 5.97 Å². The van der Waals surface area contributed by atoms with Crippen LogP contribution in [0.25, 0.3) is 0 Å². The van der Waals surface area contributed by atoms with Gasteiger partial charge < -0.3 is 5.11 Å². The molecule has 1 unspecified atom stereocenters. The van der Waals surface area contributed by atoms with Crippen LogP contribution >= 0.6 is 0 Å². The molecule has 0 aromatic rings. The third-order valence-electron chi connectivity index (χ3n) is 4.61. The molecule has 19 heavy (non-hydrogen) atoms. The van der Waals surface area contributed by atoms with Gasteiger partial charge in [0.15, 0.2) is 0 Å². The number of carboxylic acid groups (broad SMARTS) is 1. The molecule has 0 bridgehead atoms. The van der Waals surface area contributed by atoms with E-state index in [9.17, 15) is 9.90 Å². The maximum atomic E-state index is 11.8. The summed E-state index contributed by atoms with van der Waals surface area (Å²) in [6.45, 7) is 0.516. The molecule has 2 rings (SSSR count). The van der Waals surface area contributed by atoms with Crippen molar-refractivity contribution in [3.63, 3.8) is 0 Å². The molecule has 1 heterocycles. The second kappa shape index (κ2) is 7.25. The van der Waals surface area contributed by atoms with Crippen molar-refractivity contribution in [3.8, 4) is 0 Å². The van der Waals surface area contributed by atoms with Gasteiger partial charge in [-0.2, -0.15) is 0 Å². The molecule has 2 aliphatic rings. The topological polar surface area (TPSA) is 55.8 Å². The van der Waals surface area contributed by atoms with Gasteiger partial charge in [-0.1, -0.05) is 38.5 Å². The lowest BCUT2D eigenvalue weighted by molar-refractivity contribution is -0.371. The predicted octanol–water partition coefficient (Wildman–Crippen LogP) is 3.69. The van der Waals surface area contributed by atoms with E-state index < -0.39 is 11.6 Å². The van der Waals surface area contributed by atoms with Crippen molar-refractivity contribution in [1.82, 2.24) is 0 Å². The molecular weight excluding hydrogens is 244 g/mol. The van der Waals surface area contributed by atoms with Crippen LogP contribution in [0.15, 0.2) is 0 Å². The lowest BCUT2D eigenvalue weighted by Crippen LogP contribution is -2.49. The minimum atomic E-state index is -1.10. The van der Waals surface area contributed by atoms with E-state index >= 15 is 0 Å². The number of carbonyl (C=O) groups is 1. The van der Waals surface area contributed by atoms with E-state index in [1.54, 1.807) is 0 Å². The molecule has 0 aromatic carbocycles. The van der Waals surface area contributed by atoms with Crippen LogP contribution in [0.5, 0.6) is 0 Å². The Morgan fingerprint density at radius 1 is 0.947 bits per heavy atom. The molecule has 4 heteroatoms. The molecule has 1 saturated heterocycles. The third kappa shape index (κ3) is 3.69. The van der Waals surface area contributed by atoms with Crippen molar-refractivity contribution in [3.05, 3.63) is 0 Å². The Morgan fingerprint density at radius 2 is 1.58 bits per heavy atom. The number of rotatable bonds is 2. The second-order valence-electron chi connectivity index (χ2n) is 5.95. The highest BCUT2D eigenvalue weighted by molar-refractivity contribution is 5.77. The van der Waals surface area contributed by atoms with Gasteiger partial charge in [-0.25, -0.2) is 14.6 Å². The van der Waals surface area contributed by atoms with Gasteiger partial charge in [0.2, 0.25) is 5.60 Å². The molecule has 1 N–H and O–H groups in total. The fourth-order valence-corrected chi connectivity index (χ4v) is 3.43. The zero-order chi connectivity index (χ0) is 13.6. The molecule has 0 amide bonds. The smallest absolute Gasteiger partial charge is 0.339 e. The number of hydrogen-bond acceptors (Lipinski definition) is 3. The lowest BCUT2D eigenvalue weighted by atomic mass is 9.75. The summed E-state index contributed by atoms with van der Waals surface area (Å²) in [5.74, 6) is -0.733. The third-order valence-corrected chi connectivity index (χ3v) is 4.61. The first-order valence-corrected chi connectivity index (χ1v) is 7.80. The Morgan fingerprint density at radius 3 is 2.26 bits per heavy atom. The Bertz CT molecular complexity index is 274. The summed E-state index contributed by atoms with van der Waals surface area (Å²) in [6.07, 6.45) is 11.4. The molecule has 0 spiro atoms. The molecular formula is C15H26O4. The summed E-state index contributed by atoms with van der Waals surface area (Å²) in [6, 6.07) is 0. The normalized spacial score (nSPS) is 31.8. The van der Waals surface area contributed by atoms with Crippen molar-refractivity contribution < 1.29 is 19.7 Å². The Kier molecular flexibility index (Phi) is 5.64. The molecule has 2 fully saturated rings. The van der Waals surface area contributed by atoms with E-state index in [0.717, 1.165) is 44.9 Å². The highest BCUT2D eigenvalue weighted by Gasteiger charge is 2.48. The van der Waals surface area contributed by atoms with E-state index in [2.05, 4.69) is 0 Å². The fourth-order valence-electron chi connectivity index (χ4n) is 3.43. The summed E-state index contributed by atoms with van der Waals surface area (Å²) in [5.41, 5.74) is -1.10. The Hall–Kier alpha value is -0.610. The van der Waals surface area contributed by atoms with Gasteiger partial charge in [0.25, 0.3) is 0 Å². The summed E-state index contributed by atoms with van der Waals surface area (Å²) in [5, 5.41) is 9.71. The minimum absolute atomic E-state index is 0.100. The molecule has 1 atom stereocenters. The second-order valence-corrected chi connectivity index (χ2v) is 5.95. The molecule has 1 aliphatic heterocycles. The van der Waals surface area contributed by atoms with Crippen LogP contribution in [0.4, 0.5) is 0 Å². The van der Waals surface area contributed by atoms with E-state index in [1.165, 1.54) is 19.3 Å². The first-order chi connectivity index (χ1) is 9.26. The van der Waals surface area contributed by atoms with Crippen molar-refractivity contribution in [2.24, 2.45) is 5.92 Å². The Balaban J connectivity index is 2.12. The van der Waals surface area contributed by atoms with E-state index in [4.69, 9.17) is 9.78 Å². The van der Waals surface area contributed by atoms with Gasteiger partial charge in [-0.05, 0) is 32.1 Å². The predicted molar refractivity (Wildman–Crippen MR) is 71.7 cm³/mol. The van der Waals surface area contributed by atoms with Crippen LogP contribution in [0.2, 0.25) is 0 Å². The minimum Gasteiger partial charge on any atom is -0.479 e. The number of carboxylic acids is 1. The fraction of sp³-hybridized carbons (Fsp3) is 0.933. The van der Waals surface area contributed by atoms with E-state index in [-0.39, 0.29) is 5.92 Å². The zero-order valence-corrected chi connectivity index (χ0v) is 11.7. The molecule has 0 aromatic heterocycles. The monoisotopic (exact) mass is 270 g/mol. The van der Waals surface area contributed by atoms with Gasteiger partial charge in [0.1, 0.15) is 0 Å². The van der Waals surface area contributed by atoms with Crippen LogP contribution in [-0.4, -0.2) is 23.3 Å². The lowest BCUT2D eigenvalue weighted by Gasteiger charge is -2.37. The molecule has 4 nitrogen and oxygen atoms in total. The summed E-state index contributed by atoms with van der Waals surface area (Å²) in [7, 11) is 0. The van der Waals surface area contributed by atoms with Crippen LogP contribution in [-0.2, 0) is 14.6 Å². The maximum Gasteiger partial charge on any atom is 0.339 e. The summed E-state index contributed by atoms with van der Waals surface area (Å²) >= 11 is 0. The zero-order valence-electron chi connectivity index (χ0n) is 11.7. The average molecular weight is 270 g/mol. The van der Waals surface area contributed by atoms with Gasteiger partial charge in [-0.15, -0.1) is 0 Å². The van der Waals surface area contributed by atoms with Crippen LogP contribution in [0.3, 0.4) is 0 Å². The Labute approximate surface area is 115 Å². The molecule has 1 saturated carbocycles. The van der Waals surface area contributed by atoms with Gasteiger partial charge in [0, 0.05) is 5.92 Å². The van der Waals surface area contributed by atoms with E-state index in [1.807, 2.05) is 0 Å². The first-order valence-electron chi connectivity index (χ1n) is 7.80. The average Bonchev–Trinajstić information content (AvgIpc) is 2.29.